The smallest absolute Gasteiger partial charge is 0.342 e. The Hall–Kier alpha value is -2.88. The van der Waals surface area contributed by atoms with Gasteiger partial charge in [0.2, 0.25) is 0 Å². The molecule has 128 valence electrons. The fourth-order valence-corrected chi connectivity index (χ4v) is 2.48. The molecule has 0 atom stereocenters. The Balaban J connectivity index is 2.03. The van der Waals surface area contributed by atoms with E-state index in [9.17, 15) is 4.79 Å². The van der Waals surface area contributed by atoms with Crippen molar-refractivity contribution in [3.63, 3.8) is 0 Å². The highest BCUT2D eigenvalue weighted by molar-refractivity contribution is 5.96. The van der Waals surface area contributed by atoms with E-state index >= 15 is 0 Å². The van der Waals surface area contributed by atoms with Gasteiger partial charge in [-0.3, -0.25) is 0 Å². The van der Waals surface area contributed by atoms with E-state index in [1.165, 1.54) is 0 Å². The zero-order chi connectivity index (χ0) is 17.8. The van der Waals surface area contributed by atoms with Gasteiger partial charge in [0.05, 0.1) is 12.3 Å². The van der Waals surface area contributed by atoms with Gasteiger partial charge in [0, 0.05) is 11.8 Å². The molecule has 0 fully saturated rings. The standard InChI is InChI=1S/C21H22N2O2/c1-15(2)14-25-21(24)19-13-23(18-7-5-4-6-8-18)22-20(19)17-11-9-16(3)10-12-17/h4-13,15H,14H2,1-3H3. The maximum absolute atomic E-state index is 12.6. The van der Waals surface area contributed by atoms with Crippen molar-refractivity contribution in [2.24, 2.45) is 5.92 Å². The molecule has 0 saturated heterocycles. The summed E-state index contributed by atoms with van der Waals surface area (Å²) < 4.78 is 7.16. The minimum absolute atomic E-state index is 0.288. The zero-order valence-corrected chi connectivity index (χ0v) is 14.8. The Labute approximate surface area is 148 Å². The molecule has 2 aromatic carbocycles. The lowest BCUT2D eigenvalue weighted by molar-refractivity contribution is 0.0460. The number of hydrogen-bond acceptors (Lipinski definition) is 3. The Morgan fingerprint density at radius 2 is 1.76 bits per heavy atom. The van der Waals surface area contributed by atoms with Crippen LogP contribution in [0, 0.1) is 12.8 Å². The molecular weight excluding hydrogens is 312 g/mol. The van der Waals surface area contributed by atoms with Crippen LogP contribution in [0.5, 0.6) is 0 Å². The molecule has 4 heteroatoms. The van der Waals surface area contributed by atoms with Crippen LogP contribution >= 0.6 is 0 Å². The van der Waals surface area contributed by atoms with Crippen molar-refractivity contribution < 1.29 is 9.53 Å². The first-order valence-electron chi connectivity index (χ1n) is 8.44. The highest BCUT2D eigenvalue weighted by Gasteiger charge is 2.20. The van der Waals surface area contributed by atoms with Gasteiger partial charge in [-0.15, -0.1) is 0 Å². The van der Waals surface area contributed by atoms with E-state index in [0.717, 1.165) is 16.8 Å². The monoisotopic (exact) mass is 334 g/mol. The van der Waals surface area contributed by atoms with Crippen molar-refractivity contribution in [3.8, 4) is 16.9 Å². The molecule has 1 aromatic heterocycles. The summed E-state index contributed by atoms with van der Waals surface area (Å²) in [6.07, 6.45) is 1.74. The van der Waals surface area contributed by atoms with Gasteiger partial charge in [-0.05, 0) is 25.0 Å². The molecule has 0 saturated carbocycles. The number of aromatic nitrogens is 2. The van der Waals surface area contributed by atoms with Crippen LogP contribution in [0.1, 0.15) is 29.8 Å². The van der Waals surface area contributed by atoms with E-state index in [0.29, 0.717) is 17.9 Å². The molecule has 0 aliphatic carbocycles. The van der Waals surface area contributed by atoms with E-state index in [1.54, 1.807) is 10.9 Å². The number of benzene rings is 2. The number of ether oxygens (including phenoxy) is 1. The second-order valence-electron chi connectivity index (χ2n) is 6.53. The predicted octanol–water partition coefficient (Wildman–Crippen LogP) is 4.66. The molecule has 0 amide bonds. The Bertz CT molecular complexity index is 849. The SMILES string of the molecule is Cc1ccc(-c2nn(-c3ccccc3)cc2C(=O)OCC(C)C)cc1. The third-order valence-electron chi connectivity index (χ3n) is 3.83. The highest BCUT2D eigenvalue weighted by Crippen LogP contribution is 2.25. The molecule has 0 aliphatic rings. The molecule has 0 unspecified atom stereocenters. The lowest BCUT2D eigenvalue weighted by Gasteiger charge is -2.07. The van der Waals surface area contributed by atoms with Crippen molar-refractivity contribution in [3.05, 3.63) is 71.9 Å². The van der Waals surface area contributed by atoms with E-state index in [1.807, 2.05) is 75.4 Å². The summed E-state index contributed by atoms with van der Waals surface area (Å²) in [7, 11) is 0. The van der Waals surface area contributed by atoms with E-state index < -0.39 is 0 Å². The Kier molecular flexibility index (Phi) is 4.98. The molecule has 3 rings (SSSR count). The van der Waals surface area contributed by atoms with Gasteiger partial charge in [-0.1, -0.05) is 61.9 Å². The second kappa shape index (κ2) is 7.34. The first-order chi connectivity index (χ1) is 12.0. The molecule has 0 aliphatic heterocycles. The van der Waals surface area contributed by atoms with Gasteiger partial charge in [-0.2, -0.15) is 5.10 Å². The number of para-hydroxylation sites is 1. The van der Waals surface area contributed by atoms with Gasteiger partial charge in [0.25, 0.3) is 0 Å². The largest absolute Gasteiger partial charge is 0.462 e. The average molecular weight is 334 g/mol. The van der Waals surface area contributed by atoms with E-state index in [-0.39, 0.29) is 11.9 Å². The van der Waals surface area contributed by atoms with Crippen LogP contribution in [0.15, 0.2) is 60.8 Å². The van der Waals surface area contributed by atoms with Gasteiger partial charge in [0.1, 0.15) is 11.3 Å². The van der Waals surface area contributed by atoms with Crippen molar-refractivity contribution in [2.75, 3.05) is 6.61 Å². The minimum Gasteiger partial charge on any atom is -0.462 e. The molecule has 0 spiro atoms. The predicted molar refractivity (Wildman–Crippen MR) is 98.9 cm³/mol. The summed E-state index contributed by atoms with van der Waals surface area (Å²) >= 11 is 0. The highest BCUT2D eigenvalue weighted by atomic mass is 16.5. The van der Waals surface area contributed by atoms with Crippen LogP contribution < -0.4 is 0 Å². The zero-order valence-electron chi connectivity index (χ0n) is 14.8. The van der Waals surface area contributed by atoms with Crippen LogP contribution in [-0.2, 0) is 4.74 Å². The molecule has 0 N–H and O–H groups in total. The lowest BCUT2D eigenvalue weighted by atomic mass is 10.1. The second-order valence-corrected chi connectivity index (χ2v) is 6.53. The summed E-state index contributed by atoms with van der Waals surface area (Å²) in [4.78, 5) is 12.6. The number of rotatable bonds is 5. The molecule has 0 radical (unpaired) electrons. The number of esters is 1. The summed E-state index contributed by atoms with van der Waals surface area (Å²) in [5.74, 6) is -0.0533. The van der Waals surface area contributed by atoms with Gasteiger partial charge in [0.15, 0.2) is 0 Å². The summed E-state index contributed by atoms with van der Waals surface area (Å²) in [6.45, 7) is 6.45. The molecular formula is C21H22N2O2. The van der Waals surface area contributed by atoms with Crippen molar-refractivity contribution in [1.82, 2.24) is 9.78 Å². The van der Waals surface area contributed by atoms with Crippen LogP contribution in [0.2, 0.25) is 0 Å². The Morgan fingerprint density at radius 1 is 1.08 bits per heavy atom. The first-order valence-corrected chi connectivity index (χ1v) is 8.44. The first kappa shape index (κ1) is 17.0. The maximum atomic E-state index is 12.6. The number of aryl methyl sites for hydroxylation is 1. The summed E-state index contributed by atoms with van der Waals surface area (Å²) in [5, 5.41) is 4.64. The topological polar surface area (TPSA) is 44.1 Å². The molecule has 1 heterocycles. The van der Waals surface area contributed by atoms with Gasteiger partial charge in [-0.25, -0.2) is 9.48 Å². The van der Waals surface area contributed by atoms with Crippen molar-refractivity contribution in [1.29, 1.82) is 0 Å². The quantitative estimate of drug-likeness (QED) is 0.637. The van der Waals surface area contributed by atoms with E-state index in [2.05, 4.69) is 5.10 Å². The Morgan fingerprint density at radius 3 is 2.40 bits per heavy atom. The number of carbonyl (C=O) groups excluding carboxylic acids is 1. The van der Waals surface area contributed by atoms with Crippen LogP contribution in [-0.4, -0.2) is 22.4 Å². The summed E-state index contributed by atoms with van der Waals surface area (Å²) in [6, 6.07) is 17.7. The van der Waals surface area contributed by atoms with Crippen LogP contribution in [0.4, 0.5) is 0 Å². The van der Waals surface area contributed by atoms with Crippen LogP contribution in [0.3, 0.4) is 0 Å². The average Bonchev–Trinajstić information content (AvgIpc) is 3.06. The van der Waals surface area contributed by atoms with Crippen molar-refractivity contribution >= 4 is 5.97 Å². The minimum atomic E-state index is -0.341. The van der Waals surface area contributed by atoms with Gasteiger partial charge < -0.3 is 4.74 Å². The molecule has 3 aromatic rings. The number of nitrogens with zero attached hydrogens (tertiary/aromatic N) is 2. The van der Waals surface area contributed by atoms with E-state index in [4.69, 9.17) is 4.74 Å². The normalized spacial score (nSPS) is 10.9. The lowest BCUT2D eigenvalue weighted by Crippen LogP contribution is -2.10. The van der Waals surface area contributed by atoms with Gasteiger partial charge >= 0.3 is 5.97 Å². The third-order valence-corrected chi connectivity index (χ3v) is 3.83. The third kappa shape index (κ3) is 3.97. The molecule has 25 heavy (non-hydrogen) atoms. The molecule has 4 nitrogen and oxygen atoms in total. The molecule has 0 bridgehead atoms. The summed E-state index contributed by atoms with van der Waals surface area (Å²) in [5.41, 5.74) is 4.08. The van der Waals surface area contributed by atoms with Crippen molar-refractivity contribution in [2.45, 2.75) is 20.8 Å². The fraction of sp³-hybridized carbons (Fsp3) is 0.238. The van der Waals surface area contributed by atoms with Crippen LogP contribution in [0.25, 0.3) is 16.9 Å². The number of hydrogen-bond donors (Lipinski definition) is 0. The fourth-order valence-electron chi connectivity index (χ4n) is 2.48. The number of carbonyl (C=O) groups is 1. The maximum Gasteiger partial charge on any atom is 0.342 e.